The van der Waals surface area contributed by atoms with Gasteiger partial charge in [0.05, 0.1) is 5.88 Å². The molecule has 112 valence electrons. The van der Waals surface area contributed by atoms with E-state index >= 15 is 0 Å². The summed E-state index contributed by atoms with van der Waals surface area (Å²) in [6.07, 6.45) is 5.44. The molecule has 0 bridgehead atoms. The van der Waals surface area contributed by atoms with E-state index in [0.717, 1.165) is 25.7 Å². The molecule has 1 aromatic rings. The van der Waals surface area contributed by atoms with Gasteiger partial charge in [0.2, 0.25) is 10.0 Å². The Kier molecular flexibility index (Phi) is 4.19. The van der Waals surface area contributed by atoms with Gasteiger partial charge in [-0.25, -0.2) is 8.42 Å². The van der Waals surface area contributed by atoms with Gasteiger partial charge in [0, 0.05) is 18.7 Å². The number of nitrogens with zero attached hydrogens (tertiary/aromatic N) is 1. The molecule has 1 aromatic heterocycles. The maximum Gasteiger partial charge on any atom is 0.247 e. The van der Waals surface area contributed by atoms with Crippen LogP contribution in [0.2, 0.25) is 0 Å². The molecular formula is C13H17BrClNO3S. The predicted molar refractivity (Wildman–Crippen MR) is 80.2 cm³/mol. The Labute approximate surface area is 132 Å². The highest BCUT2D eigenvalue weighted by Crippen LogP contribution is 2.40. The Hall–Kier alpha value is -0.0400. The standard InChI is InChI=1S/C13H17BrClNO3S/c14-13-12(7-10(8-15)19-13)20(17,18)16-6-5-9-3-1-2-4-11(9)16/h7,9,11H,1-6,8H2. The minimum absolute atomic E-state index is 0.162. The zero-order chi connectivity index (χ0) is 14.3. The van der Waals surface area contributed by atoms with Crippen molar-refractivity contribution in [2.75, 3.05) is 6.54 Å². The van der Waals surface area contributed by atoms with Crippen LogP contribution in [0.25, 0.3) is 0 Å². The first kappa shape index (κ1) is 14.9. The second-order valence-corrected chi connectivity index (χ2v) is 8.35. The van der Waals surface area contributed by atoms with Crippen molar-refractivity contribution in [3.05, 3.63) is 16.5 Å². The molecule has 1 aliphatic carbocycles. The maximum atomic E-state index is 12.8. The van der Waals surface area contributed by atoms with E-state index in [0.29, 0.717) is 18.2 Å². The van der Waals surface area contributed by atoms with Gasteiger partial charge < -0.3 is 4.42 Å². The third-order valence-electron chi connectivity index (χ3n) is 4.38. The summed E-state index contributed by atoms with van der Waals surface area (Å²) in [7, 11) is -3.49. The molecule has 0 aromatic carbocycles. The molecule has 20 heavy (non-hydrogen) atoms. The first-order valence-corrected chi connectivity index (χ1v) is 9.67. The number of alkyl halides is 1. The van der Waals surface area contributed by atoms with E-state index in [2.05, 4.69) is 15.9 Å². The van der Waals surface area contributed by atoms with E-state index in [1.807, 2.05) is 0 Å². The number of fused-ring (bicyclic) bond motifs is 1. The molecule has 2 aliphatic rings. The lowest BCUT2D eigenvalue weighted by atomic mass is 9.86. The molecule has 0 N–H and O–H groups in total. The van der Waals surface area contributed by atoms with Gasteiger partial charge in [-0.05, 0) is 41.1 Å². The normalized spacial score (nSPS) is 27.7. The molecule has 2 unspecified atom stereocenters. The summed E-state index contributed by atoms with van der Waals surface area (Å²) >= 11 is 8.91. The third kappa shape index (κ3) is 2.45. The zero-order valence-corrected chi connectivity index (χ0v) is 14.2. The lowest BCUT2D eigenvalue weighted by molar-refractivity contribution is 0.260. The molecule has 1 aliphatic heterocycles. The van der Waals surface area contributed by atoms with E-state index in [1.165, 1.54) is 12.5 Å². The van der Waals surface area contributed by atoms with Crippen LogP contribution in [-0.2, 0) is 15.9 Å². The minimum atomic E-state index is -3.49. The number of furan rings is 1. The Morgan fingerprint density at radius 3 is 2.80 bits per heavy atom. The summed E-state index contributed by atoms with van der Waals surface area (Å²) in [5, 5.41) is 0. The van der Waals surface area contributed by atoms with Crippen molar-refractivity contribution in [1.82, 2.24) is 4.31 Å². The van der Waals surface area contributed by atoms with Crippen molar-refractivity contribution in [2.45, 2.75) is 48.9 Å². The van der Waals surface area contributed by atoms with E-state index in [1.54, 1.807) is 4.31 Å². The maximum absolute atomic E-state index is 12.8. The van der Waals surface area contributed by atoms with Gasteiger partial charge in [-0.2, -0.15) is 4.31 Å². The average molecular weight is 383 g/mol. The summed E-state index contributed by atoms with van der Waals surface area (Å²) in [5.41, 5.74) is 0. The van der Waals surface area contributed by atoms with E-state index < -0.39 is 10.0 Å². The monoisotopic (exact) mass is 381 g/mol. The van der Waals surface area contributed by atoms with Gasteiger partial charge in [0.15, 0.2) is 4.67 Å². The first-order valence-electron chi connectivity index (χ1n) is 6.90. The van der Waals surface area contributed by atoms with Crippen molar-refractivity contribution in [1.29, 1.82) is 0 Å². The molecule has 0 spiro atoms. The molecule has 1 saturated heterocycles. The summed E-state index contributed by atoms with van der Waals surface area (Å²) < 4.78 is 32.9. The lowest BCUT2D eigenvalue weighted by Crippen LogP contribution is -2.39. The van der Waals surface area contributed by atoms with E-state index in [4.69, 9.17) is 16.0 Å². The molecule has 3 rings (SSSR count). The van der Waals surface area contributed by atoms with Crippen LogP contribution in [0.4, 0.5) is 0 Å². The van der Waals surface area contributed by atoms with Gasteiger partial charge in [-0.15, -0.1) is 11.6 Å². The van der Waals surface area contributed by atoms with Crippen molar-refractivity contribution >= 4 is 37.6 Å². The molecule has 2 heterocycles. The Balaban J connectivity index is 1.93. The van der Waals surface area contributed by atoms with Crippen LogP contribution in [0, 0.1) is 5.92 Å². The fourth-order valence-corrected chi connectivity index (χ4v) is 6.25. The molecule has 7 heteroatoms. The van der Waals surface area contributed by atoms with Crippen molar-refractivity contribution < 1.29 is 12.8 Å². The van der Waals surface area contributed by atoms with Gasteiger partial charge in [-0.1, -0.05) is 12.8 Å². The Morgan fingerprint density at radius 1 is 1.35 bits per heavy atom. The van der Waals surface area contributed by atoms with Gasteiger partial charge in [0.1, 0.15) is 10.7 Å². The second-order valence-electron chi connectivity index (χ2n) is 5.50. The van der Waals surface area contributed by atoms with Crippen LogP contribution in [0.5, 0.6) is 0 Å². The van der Waals surface area contributed by atoms with E-state index in [9.17, 15) is 8.42 Å². The Morgan fingerprint density at radius 2 is 2.10 bits per heavy atom. The van der Waals surface area contributed by atoms with Gasteiger partial charge in [-0.3, -0.25) is 0 Å². The van der Waals surface area contributed by atoms with E-state index in [-0.39, 0.29) is 21.5 Å². The molecule has 0 amide bonds. The fourth-order valence-electron chi connectivity index (χ4n) is 3.43. The average Bonchev–Trinajstić information content (AvgIpc) is 3.02. The van der Waals surface area contributed by atoms with Crippen LogP contribution in [0.3, 0.4) is 0 Å². The highest BCUT2D eigenvalue weighted by Gasteiger charge is 2.43. The first-order chi connectivity index (χ1) is 9.54. The summed E-state index contributed by atoms with van der Waals surface area (Å²) in [5.74, 6) is 1.16. The molecule has 2 fully saturated rings. The zero-order valence-electron chi connectivity index (χ0n) is 11.0. The van der Waals surface area contributed by atoms with Crippen LogP contribution >= 0.6 is 27.5 Å². The highest BCUT2D eigenvalue weighted by molar-refractivity contribution is 9.10. The molecule has 1 saturated carbocycles. The van der Waals surface area contributed by atoms with Crippen molar-refractivity contribution in [3.63, 3.8) is 0 Å². The van der Waals surface area contributed by atoms with Gasteiger partial charge in [0.25, 0.3) is 0 Å². The third-order valence-corrected chi connectivity index (χ3v) is 7.43. The number of hydrogen-bond donors (Lipinski definition) is 0. The summed E-state index contributed by atoms with van der Waals surface area (Å²) in [6.45, 7) is 0.617. The van der Waals surface area contributed by atoms with Crippen molar-refractivity contribution in [2.24, 2.45) is 5.92 Å². The summed E-state index contributed by atoms with van der Waals surface area (Å²) in [6, 6.07) is 1.69. The van der Waals surface area contributed by atoms with Gasteiger partial charge >= 0.3 is 0 Å². The number of hydrogen-bond acceptors (Lipinski definition) is 3. The number of halogens is 2. The molecular weight excluding hydrogens is 366 g/mol. The lowest BCUT2D eigenvalue weighted by Gasteiger charge is -2.30. The predicted octanol–water partition coefficient (Wildman–Crippen LogP) is 3.73. The largest absolute Gasteiger partial charge is 0.452 e. The fraction of sp³-hybridized carbons (Fsp3) is 0.692. The molecule has 0 radical (unpaired) electrons. The number of rotatable bonds is 3. The number of sulfonamides is 1. The van der Waals surface area contributed by atoms with Crippen LogP contribution in [0.15, 0.2) is 20.0 Å². The second kappa shape index (κ2) is 5.63. The summed E-state index contributed by atoms with van der Waals surface area (Å²) in [4.78, 5) is 0.208. The topological polar surface area (TPSA) is 50.5 Å². The quantitative estimate of drug-likeness (QED) is 0.748. The van der Waals surface area contributed by atoms with Crippen LogP contribution in [-0.4, -0.2) is 25.3 Å². The SMILES string of the molecule is O=S(=O)(c1cc(CCl)oc1Br)N1CCC2CCCCC21. The van der Waals surface area contributed by atoms with Crippen molar-refractivity contribution in [3.8, 4) is 0 Å². The molecule has 2 atom stereocenters. The minimum Gasteiger partial charge on any atom is -0.452 e. The smallest absolute Gasteiger partial charge is 0.247 e. The Bertz CT molecular complexity index is 601. The van der Waals surface area contributed by atoms with Crippen LogP contribution < -0.4 is 0 Å². The molecule has 4 nitrogen and oxygen atoms in total. The highest BCUT2D eigenvalue weighted by atomic mass is 79.9. The van der Waals surface area contributed by atoms with Crippen LogP contribution in [0.1, 0.15) is 37.9 Å².